The molecule has 3 aromatic rings. The monoisotopic (exact) mass is 482 g/mol. The summed E-state index contributed by atoms with van der Waals surface area (Å²) in [6.07, 6.45) is -2.64. The van der Waals surface area contributed by atoms with E-state index in [1.54, 1.807) is 24.3 Å². The van der Waals surface area contributed by atoms with Gasteiger partial charge in [-0.25, -0.2) is 22.0 Å². The van der Waals surface area contributed by atoms with Crippen LogP contribution in [0.4, 0.5) is 30.7 Å². The summed E-state index contributed by atoms with van der Waals surface area (Å²) in [5, 5.41) is 0. The van der Waals surface area contributed by atoms with Gasteiger partial charge in [0.1, 0.15) is 5.75 Å². The van der Waals surface area contributed by atoms with Crippen LogP contribution in [0.15, 0.2) is 48.5 Å². The molecule has 180 valence electrons. The third-order valence-corrected chi connectivity index (χ3v) is 6.38. The highest BCUT2D eigenvalue weighted by molar-refractivity contribution is 5.65. The van der Waals surface area contributed by atoms with Crippen molar-refractivity contribution in [2.75, 3.05) is 0 Å². The quantitative estimate of drug-likeness (QED) is 0.263. The van der Waals surface area contributed by atoms with Crippen molar-refractivity contribution in [2.45, 2.75) is 44.6 Å². The summed E-state index contributed by atoms with van der Waals surface area (Å²) in [5.41, 5.74) is 1.75. The molecule has 0 radical (unpaired) electrons. The average Bonchev–Trinajstić information content (AvgIpc) is 2.81. The van der Waals surface area contributed by atoms with Crippen LogP contribution in [0, 0.1) is 41.9 Å². The Labute approximate surface area is 192 Å². The fourth-order valence-electron chi connectivity index (χ4n) is 4.40. The van der Waals surface area contributed by atoms with Crippen LogP contribution < -0.4 is 4.74 Å². The van der Waals surface area contributed by atoms with Gasteiger partial charge in [-0.05, 0) is 55.2 Å². The van der Waals surface area contributed by atoms with Gasteiger partial charge in [0, 0.05) is 17.7 Å². The van der Waals surface area contributed by atoms with E-state index in [-0.39, 0.29) is 29.9 Å². The molecule has 0 unspecified atom stereocenters. The van der Waals surface area contributed by atoms with Crippen LogP contribution in [-0.4, -0.2) is 6.11 Å². The van der Waals surface area contributed by atoms with Gasteiger partial charge in [0.15, 0.2) is 29.1 Å². The van der Waals surface area contributed by atoms with Crippen molar-refractivity contribution in [3.05, 3.63) is 88.7 Å². The van der Waals surface area contributed by atoms with Crippen molar-refractivity contribution in [3.8, 4) is 16.9 Å². The molecule has 1 nitrogen and oxygen atoms in total. The molecule has 0 N–H and O–H groups in total. The van der Waals surface area contributed by atoms with E-state index in [4.69, 9.17) is 0 Å². The van der Waals surface area contributed by atoms with Gasteiger partial charge < -0.3 is 4.74 Å². The number of ether oxygens (including phenoxy) is 1. The second-order valence-electron chi connectivity index (χ2n) is 8.59. The van der Waals surface area contributed by atoms with E-state index in [2.05, 4.69) is 4.74 Å². The minimum atomic E-state index is -3.68. The van der Waals surface area contributed by atoms with Gasteiger partial charge in [0.05, 0.1) is 5.92 Å². The molecular weight excluding hydrogens is 461 g/mol. The zero-order chi connectivity index (χ0) is 24.6. The molecule has 0 saturated heterocycles. The van der Waals surface area contributed by atoms with Crippen molar-refractivity contribution in [3.63, 3.8) is 0 Å². The standard InChI is InChI=1S/C26H21F7O/c1-14-2-11-20(24(30)23(14)29)17-5-3-15(4-6-17)16-7-9-18(10-8-16)26(32,33)34-19-12-21(27)25(31)22(28)13-19/h2-6,11-13,16,18H,7-10H2,1H3. The molecular formula is C26H21F7O. The minimum absolute atomic E-state index is 0.0126. The van der Waals surface area contributed by atoms with Crippen LogP contribution in [-0.2, 0) is 0 Å². The maximum atomic E-state index is 14.6. The molecule has 0 aliphatic heterocycles. The van der Waals surface area contributed by atoms with Crippen molar-refractivity contribution >= 4 is 0 Å². The maximum absolute atomic E-state index is 14.6. The number of aryl methyl sites for hydroxylation is 1. The number of benzene rings is 3. The summed E-state index contributed by atoms with van der Waals surface area (Å²) in [7, 11) is 0. The summed E-state index contributed by atoms with van der Waals surface area (Å²) < 4.78 is 102. The Balaban J connectivity index is 1.41. The molecule has 34 heavy (non-hydrogen) atoms. The molecule has 0 spiro atoms. The molecule has 0 aromatic heterocycles. The molecule has 1 fully saturated rings. The van der Waals surface area contributed by atoms with Crippen LogP contribution in [0.1, 0.15) is 42.7 Å². The van der Waals surface area contributed by atoms with Gasteiger partial charge in [-0.3, -0.25) is 0 Å². The van der Waals surface area contributed by atoms with Crippen LogP contribution >= 0.6 is 0 Å². The van der Waals surface area contributed by atoms with Crippen LogP contribution in [0.3, 0.4) is 0 Å². The van der Waals surface area contributed by atoms with E-state index in [1.165, 1.54) is 19.1 Å². The lowest BCUT2D eigenvalue weighted by Crippen LogP contribution is -2.37. The number of hydrogen-bond acceptors (Lipinski definition) is 1. The highest BCUT2D eigenvalue weighted by atomic mass is 19.3. The van der Waals surface area contributed by atoms with Crippen molar-refractivity contribution in [1.82, 2.24) is 0 Å². The van der Waals surface area contributed by atoms with E-state index >= 15 is 0 Å². The third kappa shape index (κ3) is 4.76. The second kappa shape index (κ2) is 9.31. The molecule has 0 atom stereocenters. The number of halogens is 7. The van der Waals surface area contributed by atoms with Gasteiger partial charge in [-0.15, -0.1) is 0 Å². The van der Waals surface area contributed by atoms with Crippen LogP contribution in [0.5, 0.6) is 5.75 Å². The topological polar surface area (TPSA) is 9.23 Å². The Morgan fingerprint density at radius 3 is 1.91 bits per heavy atom. The number of rotatable bonds is 5. The molecule has 0 amide bonds. The fourth-order valence-corrected chi connectivity index (χ4v) is 4.40. The first kappa shape index (κ1) is 24.1. The fraction of sp³-hybridized carbons (Fsp3) is 0.308. The zero-order valence-electron chi connectivity index (χ0n) is 18.2. The zero-order valence-corrected chi connectivity index (χ0v) is 18.2. The Morgan fingerprint density at radius 1 is 0.735 bits per heavy atom. The molecule has 3 aromatic carbocycles. The number of alkyl halides is 2. The lowest BCUT2D eigenvalue weighted by Gasteiger charge is -2.33. The minimum Gasteiger partial charge on any atom is -0.432 e. The third-order valence-electron chi connectivity index (χ3n) is 6.38. The highest BCUT2D eigenvalue weighted by Gasteiger charge is 2.44. The normalized spacial score (nSPS) is 18.7. The van der Waals surface area contributed by atoms with Crippen LogP contribution in [0.2, 0.25) is 0 Å². The Hall–Kier alpha value is -3.03. The Kier molecular flexibility index (Phi) is 6.60. The van der Waals surface area contributed by atoms with E-state index in [0.717, 1.165) is 5.56 Å². The van der Waals surface area contributed by atoms with E-state index in [0.29, 0.717) is 30.5 Å². The average molecular weight is 482 g/mol. The number of hydrogen-bond donors (Lipinski definition) is 0. The SMILES string of the molecule is Cc1ccc(-c2ccc(C3CCC(C(F)(F)Oc4cc(F)c(F)c(F)c4)CC3)cc2)c(F)c1F. The molecule has 8 heteroatoms. The van der Waals surface area contributed by atoms with E-state index in [1.807, 2.05) is 0 Å². The van der Waals surface area contributed by atoms with Crippen LogP contribution in [0.25, 0.3) is 11.1 Å². The van der Waals surface area contributed by atoms with Gasteiger partial charge in [0.25, 0.3) is 0 Å². The van der Waals surface area contributed by atoms with Gasteiger partial charge >= 0.3 is 6.11 Å². The summed E-state index contributed by atoms with van der Waals surface area (Å²) in [6.45, 7) is 1.48. The Morgan fingerprint density at radius 2 is 1.32 bits per heavy atom. The molecule has 0 bridgehead atoms. The molecule has 1 aliphatic rings. The predicted molar refractivity (Wildman–Crippen MR) is 113 cm³/mol. The largest absolute Gasteiger partial charge is 0.432 e. The predicted octanol–water partition coefficient (Wildman–Crippen LogP) is 8.30. The van der Waals surface area contributed by atoms with E-state index < -0.39 is 46.9 Å². The molecule has 0 heterocycles. The summed E-state index contributed by atoms with van der Waals surface area (Å²) >= 11 is 0. The Bertz CT molecular complexity index is 1160. The first-order valence-electron chi connectivity index (χ1n) is 10.8. The molecule has 1 aliphatic carbocycles. The lowest BCUT2D eigenvalue weighted by molar-refractivity contribution is -0.222. The lowest BCUT2D eigenvalue weighted by atomic mass is 9.78. The summed E-state index contributed by atoms with van der Waals surface area (Å²) in [5.74, 6) is -8.75. The van der Waals surface area contributed by atoms with Gasteiger partial charge in [-0.1, -0.05) is 36.4 Å². The highest BCUT2D eigenvalue weighted by Crippen LogP contribution is 2.43. The second-order valence-corrected chi connectivity index (χ2v) is 8.59. The van der Waals surface area contributed by atoms with Gasteiger partial charge in [0.2, 0.25) is 0 Å². The van der Waals surface area contributed by atoms with Crippen molar-refractivity contribution in [2.24, 2.45) is 5.92 Å². The first-order valence-corrected chi connectivity index (χ1v) is 10.8. The molecule has 4 rings (SSSR count). The smallest absolute Gasteiger partial charge is 0.400 e. The first-order chi connectivity index (χ1) is 16.1. The molecule has 1 saturated carbocycles. The van der Waals surface area contributed by atoms with Crippen molar-refractivity contribution < 1.29 is 35.5 Å². The summed E-state index contributed by atoms with van der Waals surface area (Å²) in [4.78, 5) is 0. The summed E-state index contributed by atoms with van der Waals surface area (Å²) in [6, 6.07) is 10.7. The van der Waals surface area contributed by atoms with E-state index in [9.17, 15) is 30.7 Å². The maximum Gasteiger partial charge on any atom is 0.400 e. The van der Waals surface area contributed by atoms with Gasteiger partial charge in [-0.2, -0.15) is 8.78 Å². The van der Waals surface area contributed by atoms with Crippen molar-refractivity contribution in [1.29, 1.82) is 0 Å².